The highest BCUT2D eigenvalue weighted by molar-refractivity contribution is 7.92. The minimum atomic E-state index is -3.59. The minimum absolute atomic E-state index is 0.0543. The summed E-state index contributed by atoms with van der Waals surface area (Å²) >= 11 is 0. The van der Waals surface area contributed by atoms with Gasteiger partial charge < -0.3 is 5.32 Å². The van der Waals surface area contributed by atoms with Gasteiger partial charge in [-0.15, -0.1) is 0 Å². The zero-order valence-electron chi connectivity index (χ0n) is 27.9. The molecule has 0 amide bonds. The lowest BCUT2D eigenvalue weighted by atomic mass is 10.2. The third-order valence-corrected chi connectivity index (χ3v) is 9.25. The van der Waals surface area contributed by atoms with E-state index in [0.717, 1.165) is 71.0 Å². The van der Waals surface area contributed by atoms with Gasteiger partial charge in [-0.1, -0.05) is 26.7 Å². The van der Waals surface area contributed by atoms with Crippen molar-refractivity contribution in [3.05, 3.63) is 109 Å². The summed E-state index contributed by atoms with van der Waals surface area (Å²) in [5, 5.41) is 12.3. The maximum Gasteiger partial charge on any atom is 0.232 e. The van der Waals surface area contributed by atoms with Crippen molar-refractivity contribution in [3.63, 3.8) is 0 Å². The van der Waals surface area contributed by atoms with E-state index in [0.29, 0.717) is 17.8 Å². The van der Waals surface area contributed by atoms with Crippen LogP contribution in [0.25, 0.3) is 33.9 Å². The molecule has 6 rings (SSSR count). The van der Waals surface area contributed by atoms with Gasteiger partial charge in [0.05, 0.1) is 64.7 Å². The molecule has 2 N–H and O–H groups in total. The molecule has 6 heterocycles. The van der Waals surface area contributed by atoms with E-state index < -0.39 is 10.0 Å². The van der Waals surface area contributed by atoms with Crippen molar-refractivity contribution in [1.29, 1.82) is 0 Å². The van der Waals surface area contributed by atoms with Crippen molar-refractivity contribution in [2.24, 2.45) is 0 Å². The van der Waals surface area contributed by atoms with Crippen LogP contribution < -0.4 is 10.0 Å². The predicted octanol–water partition coefficient (Wildman–Crippen LogP) is 6.51. The molecular weight excluding hydrogens is 637 g/mol. The Morgan fingerprint density at radius 1 is 0.694 bits per heavy atom. The number of hydrogen-bond acceptors (Lipinski definition) is 9. The molecule has 1 atom stereocenters. The molecule has 0 fully saturated rings. The zero-order valence-corrected chi connectivity index (χ0v) is 28.7. The van der Waals surface area contributed by atoms with E-state index in [1.165, 1.54) is 6.20 Å². The predicted molar refractivity (Wildman–Crippen MR) is 192 cm³/mol. The standard InChI is InChI=1S/C36H40N10O2S/c1-4-6-29-18-33(12-15-37-29)45-24-27(20-41-45)35-10-8-31(22-39-35)43-26(3)14-17-49(47,48)44-32-9-11-36(40-23-32)28-21-42-46(25-28)34-13-16-38-30(19-34)7-5-2/h8-13,15-16,18-26,43-44H,4-7,14,17H2,1-3H3. The van der Waals surface area contributed by atoms with Crippen molar-refractivity contribution in [2.75, 3.05) is 15.8 Å². The maximum atomic E-state index is 12.9. The topological polar surface area (TPSA) is 145 Å². The molecule has 0 aliphatic rings. The van der Waals surface area contributed by atoms with Gasteiger partial charge in [0.2, 0.25) is 10.0 Å². The molecule has 6 aromatic rings. The normalized spacial score (nSPS) is 12.1. The summed E-state index contributed by atoms with van der Waals surface area (Å²) in [6.07, 6.45) is 18.5. The van der Waals surface area contributed by atoms with Crippen LogP contribution in [-0.4, -0.2) is 59.7 Å². The number of aryl methyl sites for hydroxylation is 2. The van der Waals surface area contributed by atoms with Crippen LogP contribution in [-0.2, 0) is 22.9 Å². The molecule has 12 nitrogen and oxygen atoms in total. The SMILES string of the molecule is CCCc1cc(-n2cc(-c3ccc(NC(C)CCS(=O)(=O)Nc4ccc(-c5cnn(-c6ccnc(CCC)c6)c5)nc4)cn3)cn2)ccn1. The van der Waals surface area contributed by atoms with Gasteiger partial charge in [-0.25, -0.2) is 17.8 Å². The van der Waals surface area contributed by atoms with Crippen molar-refractivity contribution in [1.82, 2.24) is 39.5 Å². The Hall–Kier alpha value is -5.43. The third kappa shape index (κ3) is 8.73. The van der Waals surface area contributed by atoms with E-state index in [1.54, 1.807) is 41.6 Å². The van der Waals surface area contributed by atoms with Gasteiger partial charge in [-0.3, -0.25) is 24.7 Å². The number of rotatable bonds is 15. The number of pyridine rings is 4. The Bertz CT molecular complexity index is 2090. The largest absolute Gasteiger partial charge is 0.381 e. The van der Waals surface area contributed by atoms with E-state index in [9.17, 15) is 8.42 Å². The summed E-state index contributed by atoms with van der Waals surface area (Å²) in [6, 6.07) is 15.2. The van der Waals surface area contributed by atoms with Crippen molar-refractivity contribution < 1.29 is 8.42 Å². The molecule has 0 radical (unpaired) electrons. The molecule has 0 bridgehead atoms. The minimum Gasteiger partial charge on any atom is -0.381 e. The summed E-state index contributed by atoms with van der Waals surface area (Å²) in [4.78, 5) is 17.9. The molecule has 0 saturated heterocycles. The number of nitrogens with zero attached hydrogens (tertiary/aromatic N) is 8. The number of nitrogens with one attached hydrogen (secondary N) is 2. The fraction of sp³-hybridized carbons (Fsp3) is 0.278. The maximum absolute atomic E-state index is 12.9. The molecule has 1 unspecified atom stereocenters. The van der Waals surface area contributed by atoms with Crippen LogP contribution in [0.4, 0.5) is 11.4 Å². The Morgan fingerprint density at radius 3 is 1.71 bits per heavy atom. The molecule has 6 aromatic heterocycles. The Kier molecular flexibility index (Phi) is 10.4. The van der Waals surface area contributed by atoms with Crippen LogP contribution in [0, 0.1) is 0 Å². The number of anilines is 2. The van der Waals surface area contributed by atoms with Gasteiger partial charge in [-0.05, 0) is 74.7 Å². The van der Waals surface area contributed by atoms with Gasteiger partial charge in [0.15, 0.2) is 0 Å². The summed E-state index contributed by atoms with van der Waals surface area (Å²) < 4.78 is 32.0. The lowest BCUT2D eigenvalue weighted by Crippen LogP contribution is -2.23. The van der Waals surface area contributed by atoms with Crippen LogP contribution >= 0.6 is 0 Å². The van der Waals surface area contributed by atoms with E-state index >= 15 is 0 Å². The van der Waals surface area contributed by atoms with Crippen molar-refractivity contribution in [3.8, 4) is 33.9 Å². The fourth-order valence-corrected chi connectivity index (χ4v) is 6.63. The molecular formula is C36H40N10O2S. The smallest absolute Gasteiger partial charge is 0.232 e. The average Bonchev–Trinajstić information content (AvgIpc) is 3.80. The number of sulfonamides is 1. The molecule has 0 spiro atoms. The third-order valence-electron chi connectivity index (χ3n) is 7.93. The quantitative estimate of drug-likeness (QED) is 0.124. The van der Waals surface area contributed by atoms with E-state index in [1.807, 2.05) is 60.5 Å². The van der Waals surface area contributed by atoms with Crippen LogP contribution in [0.1, 0.15) is 51.4 Å². The second-order valence-corrected chi connectivity index (χ2v) is 13.8. The first kappa shape index (κ1) is 33.5. The van der Waals surface area contributed by atoms with Gasteiger partial charge in [-0.2, -0.15) is 10.2 Å². The second kappa shape index (κ2) is 15.2. The van der Waals surface area contributed by atoms with Gasteiger partial charge >= 0.3 is 0 Å². The number of hydrogen-bond donors (Lipinski definition) is 2. The van der Waals surface area contributed by atoms with Gasteiger partial charge in [0, 0.05) is 53.3 Å². The Morgan fingerprint density at radius 2 is 1.22 bits per heavy atom. The average molecular weight is 677 g/mol. The van der Waals surface area contributed by atoms with Crippen LogP contribution in [0.15, 0.2) is 98.1 Å². The Labute approximate surface area is 286 Å². The zero-order chi connectivity index (χ0) is 34.2. The van der Waals surface area contributed by atoms with Crippen LogP contribution in [0.5, 0.6) is 0 Å². The van der Waals surface area contributed by atoms with Crippen LogP contribution in [0.2, 0.25) is 0 Å². The van der Waals surface area contributed by atoms with Gasteiger partial charge in [0.25, 0.3) is 0 Å². The summed E-state index contributed by atoms with van der Waals surface area (Å²) in [5.41, 5.74) is 8.37. The van der Waals surface area contributed by atoms with Crippen molar-refractivity contribution in [2.45, 2.75) is 58.9 Å². The lowest BCUT2D eigenvalue weighted by molar-refractivity contribution is 0.595. The highest BCUT2D eigenvalue weighted by Crippen LogP contribution is 2.22. The van der Waals surface area contributed by atoms with Crippen LogP contribution in [0.3, 0.4) is 0 Å². The first-order valence-electron chi connectivity index (χ1n) is 16.5. The summed E-state index contributed by atoms with van der Waals surface area (Å²) in [6.45, 7) is 6.20. The summed E-state index contributed by atoms with van der Waals surface area (Å²) in [7, 11) is -3.59. The van der Waals surface area contributed by atoms with Gasteiger partial charge in [0.1, 0.15) is 0 Å². The van der Waals surface area contributed by atoms with E-state index in [4.69, 9.17) is 0 Å². The summed E-state index contributed by atoms with van der Waals surface area (Å²) in [5.74, 6) is -0.0543. The van der Waals surface area contributed by atoms with E-state index in [2.05, 4.69) is 60.1 Å². The molecule has 0 saturated carbocycles. The lowest BCUT2D eigenvalue weighted by Gasteiger charge is -2.16. The molecule has 13 heteroatoms. The first-order valence-corrected chi connectivity index (χ1v) is 18.1. The molecule has 252 valence electrons. The first-order chi connectivity index (χ1) is 23.8. The van der Waals surface area contributed by atoms with Crippen molar-refractivity contribution >= 4 is 21.4 Å². The molecule has 49 heavy (non-hydrogen) atoms. The second-order valence-electron chi connectivity index (χ2n) is 12.0. The Balaban J connectivity index is 0.996. The molecule has 0 aliphatic heterocycles. The fourth-order valence-electron chi connectivity index (χ4n) is 5.39. The molecule has 0 aromatic carbocycles. The molecule has 0 aliphatic carbocycles. The number of aromatic nitrogens is 8. The van der Waals surface area contributed by atoms with E-state index in [-0.39, 0.29) is 11.8 Å². The highest BCUT2D eigenvalue weighted by atomic mass is 32.2. The monoisotopic (exact) mass is 676 g/mol. The highest BCUT2D eigenvalue weighted by Gasteiger charge is 2.15.